The summed E-state index contributed by atoms with van der Waals surface area (Å²) in [6.07, 6.45) is 9.23. The van der Waals surface area contributed by atoms with E-state index in [-0.39, 0.29) is 11.9 Å². The molecule has 1 amide bonds. The van der Waals surface area contributed by atoms with E-state index in [1.165, 1.54) is 11.3 Å². The van der Waals surface area contributed by atoms with Gasteiger partial charge in [0.2, 0.25) is 0 Å². The summed E-state index contributed by atoms with van der Waals surface area (Å²) in [7, 11) is 0. The van der Waals surface area contributed by atoms with Crippen LogP contribution in [0.1, 0.15) is 34.2 Å². The molecular weight excluding hydrogens is 324 g/mol. The number of likely N-dealkylation sites (tertiary alicyclic amines) is 1. The molecule has 4 rings (SSSR count). The number of aromatic nitrogens is 3. The number of thiazole rings is 1. The molecule has 0 aromatic carbocycles. The Labute approximate surface area is 143 Å². The number of carbonyl (C=O) groups excluding carboxylic acids is 1. The Kier molecular flexibility index (Phi) is 3.93. The molecule has 0 spiro atoms. The number of rotatable bonds is 3. The van der Waals surface area contributed by atoms with Gasteiger partial charge in [-0.25, -0.2) is 9.97 Å². The molecule has 1 saturated heterocycles. The summed E-state index contributed by atoms with van der Waals surface area (Å²) in [5, 5.41) is 0.754. The van der Waals surface area contributed by atoms with Crippen LogP contribution in [0.15, 0.2) is 41.5 Å². The van der Waals surface area contributed by atoms with Crippen LogP contribution in [-0.2, 0) is 0 Å². The second-order valence-electron chi connectivity index (χ2n) is 5.96. The molecule has 0 bridgehead atoms. The SMILES string of the molecule is Cc1sc(-c2ccco2)nc1C(=O)N1CCC[C@@H](n2ccnc2)C1. The van der Waals surface area contributed by atoms with Crippen LogP contribution in [0.25, 0.3) is 10.8 Å². The molecule has 1 atom stereocenters. The van der Waals surface area contributed by atoms with Crippen molar-refractivity contribution in [2.24, 2.45) is 0 Å². The Hall–Kier alpha value is -2.41. The van der Waals surface area contributed by atoms with Gasteiger partial charge >= 0.3 is 0 Å². The number of hydrogen-bond acceptors (Lipinski definition) is 5. The highest BCUT2D eigenvalue weighted by Crippen LogP contribution is 2.30. The average molecular weight is 342 g/mol. The third-order valence-electron chi connectivity index (χ3n) is 4.36. The largest absolute Gasteiger partial charge is 0.462 e. The summed E-state index contributed by atoms with van der Waals surface area (Å²) in [5.74, 6) is 0.712. The summed E-state index contributed by atoms with van der Waals surface area (Å²) in [6.45, 7) is 3.41. The van der Waals surface area contributed by atoms with Gasteiger partial charge in [-0.2, -0.15) is 0 Å². The van der Waals surface area contributed by atoms with Crippen molar-refractivity contribution in [2.45, 2.75) is 25.8 Å². The molecule has 3 aromatic rings. The first-order valence-corrected chi connectivity index (χ1v) is 8.82. The molecule has 0 radical (unpaired) electrons. The monoisotopic (exact) mass is 342 g/mol. The van der Waals surface area contributed by atoms with E-state index < -0.39 is 0 Å². The third-order valence-corrected chi connectivity index (χ3v) is 5.35. The van der Waals surface area contributed by atoms with Crippen LogP contribution in [0.3, 0.4) is 0 Å². The summed E-state index contributed by atoms with van der Waals surface area (Å²) >= 11 is 1.50. The van der Waals surface area contributed by atoms with Gasteiger partial charge < -0.3 is 13.9 Å². The van der Waals surface area contributed by atoms with Crippen LogP contribution >= 0.6 is 11.3 Å². The number of amides is 1. The quantitative estimate of drug-likeness (QED) is 0.732. The normalized spacial score (nSPS) is 18.0. The number of furan rings is 1. The van der Waals surface area contributed by atoms with Gasteiger partial charge in [-0.3, -0.25) is 4.79 Å². The molecule has 1 aliphatic rings. The van der Waals surface area contributed by atoms with Gasteiger partial charge in [-0.15, -0.1) is 11.3 Å². The van der Waals surface area contributed by atoms with Crippen LogP contribution in [0, 0.1) is 6.92 Å². The van der Waals surface area contributed by atoms with Gasteiger partial charge in [0.1, 0.15) is 5.69 Å². The van der Waals surface area contributed by atoms with Crippen molar-refractivity contribution in [2.75, 3.05) is 13.1 Å². The minimum Gasteiger partial charge on any atom is -0.462 e. The Bertz CT molecular complexity index is 823. The average Bonchev–Trinajstić information content (AvgIpc) is 3.35. The van der Waals surface area contributed by atoms with Crippen molar-refractivity contribution in [3.63, 3.8) is 0 Å². The lowest BCUT2D eigenvalue weighted by atomic mass is 10.1. The fourth-order valence-corrected chi connectivity index (χ4v) is 3.99. The lowest BCUT2D eigenvalue weighted by molar-refractivity contribution is 0.0673. The van der Waals surface area contributed by atoms with Crippen molar-refractivity contribution in [3.05, 3.63) is 47.7 Å². The zero-order chi connectivity index (χ0) is 16.5. The van der Waals surface area contributed by atoms with E-state index in [2.05, 4.69) is 14.5 Å². The van der Waals surface area contributed by atoms with Gasteiger partial charge in [0.15, 0.2) is 10.8 Å². The molecule has 0 saturated carbocycles. The minimum atomic E-state index is 0.00590. The zero-order valence-corrected chi connectivity index (χ0v) is 14.2. The van der Waals surface area contributed by atoms with E-state index in [9.17, 15) is 4.79 Å². The molecular formula is C17H18N4O2S. The van der Waals surface area contributed by atoms with Gasteiger partial charge in [-0.05, 0) is 31.9 Å². The van der Waals surface area contributed by atoms with Crippen LogP contribution in [0.4, 0.5) is 0 Å². The first-order chi connectivity index (χ1) is 11.7. The predicted molar refractivity (Wildman–Crippen MR) is 91.0 cm³/mol. The van der Waals surface area contributed by atoms with E-state index in [0.29, 0.717) is 18.0 Å². The van der Waals surface area contributed by atoms with E-state index in [4.69, 9.17) is 4.42 Å². The molecule has 6 nitrogen and oxygen atoms in total. The molecule has 4 heterocycles. The number of imidazole rings is 1. The number of piperidine rings is 1. The second kappa shape index (κ2) is 6.24. The smallest absolute Gasteiger partial charge is 0.273 e. The van der Waals surface area contributed by atoms with Crippen LogP contribution in [0.2, 0.25) is 0 Å². The Balaban J connectivity index is 1.55. The van der Waals surface area contributed by atoms with Crippen molar-refractivity contribution < 1.29 is 9.21 Å². The molecule has 3 aromatic heterocycles. The van der Waals surface area contributed by atoms with Crippen molar-refractivity contribution in [1.82, 2.24) is 19.4 Å². The highest BCUT2D eigenvalue weighted by atomic mass is 32.1. The molecule has 124 valence electrons. The standard InChI is InChI=1S/C17H18N4O2S/c1-12-15(19-16(24-12)14-5-3-9-23-14)17(22)20-7-2-4-13(10-20)21-8-6-18-11-21/h3,5-6,8-9,11,13H,2,4,7,10H2,1H3/t13-/m1/s1. The van der Waals surface area contributed by atoms with Gasteiger partial charge in [0, 0.05) is 30.4 Å². The highest BCUT2D eigenvalue weighted by Gasteiger charge is 2.28. The number of carbonyl (C=O) groups is 1. The maximum absolute atomic E-state index is 12.9. The second-order valence-corrected chi connectivity index (χ2v) is 7.16. The summed E-state index contributed by atoms with van der Waals surface area (Å²) < 4.78 is 7.48. The molecule has 0 N–H and O–H groups in total. The van der Waals surface area contributed by atoms with Crippen LogP contribution < -0.4 is 0 Å². The number of hydrogen-bond donors (Lipinski definition) is 0. The minimum absolute atomic E-state index is 0.00590. The van der Waals surface area contributed by atoms with E-state index >= 15 is 0 Å². The van der Waals surface area contributed by atoms with Crippen LogP contribution in [-0.4, -0.2) is 38.4 Å². The summed E-state index contributed by atoms with van der Waals surface area (Å²) in [6, 6.07) is 3.98. The molecule has 0 unspecified atom stereocenters. The van der Waals surface area contributed by atoms with E-state index in [1.807, 2.05) is 36.5 Å². The van der Waals surface area contributed by atoms with Crippen molar-refractivity contribution in [1.29, 1.82) is 0 Å². The van der Waals surface area contributed by atoms with Gasteiger partial charge in [0.05, 0.1) is 18.6 Å². The van der Waals surface area contributed by atoms with Crippen molar-refractivity contribution >= 4 is 17.2 Å². The first-order valence-electron chi connectivity index (χ1n) is 8.00. The lowest BCUT2D eigenvalue weighted by Crippen LogP contribution is -2.40. The molecule has 7 heteroatoms. The van der Waals surface area contributed by atoms with Crippen molar-refractivity contribution in [3.8, 4) is 10.8 Å². The molecule has 24 heavy (non-hydrogen) atoms. The Morgan fingerprint density at radius 2 is 2.38 bits per heavy atom. The molecule has 1 aliphatic heterocycles. The fourth-order valence-electron chi connectivity index (χ4n) is 3.12. The number of aryl methyl sites for hydroxylation is 1. The summed E-state index contributed by atoms with van der Waals surface area (Å²) in [4.78, 5) is 24.4. The molecule has 0 aliphatic carbocycles. The maximum Gasteiger partial charge on any atom is 0.273 e. The fraction of sp³-hybridized carbons (Fsp3) is 0.353. The van der Waals surface area contributed by atoms with E-state index in [0.717, 1.165) is 29.3 Å². The first kappa shape index (κ1) is 15.1. The highest BCUT2D eigenvalue weighted by molar-refractivity contribution is 7.15. The zero-order valence-electron chi connectivity index (χ0n) is 13.4. The number of nitrogens with zero attached hydrogens (tertiary/aromatic N) is 4. The van der Waals surface area contributed by atoms with E-state index in [1.54, 1.807) is 12.5 Å². The Morgan fingerprint density at radius 3 is 3.12 bits per heavy atom. The Morgan fingerprint density at radius 1 is 1.46 bits per heavy atom. The van der Waals surface area contributed by atoms with Gasteiger partial charge in [-0.1, -0.05) is 0 Å². The predicted octanol–water partition coefficient (Wildman–Crippen LogP) is 3.39. The van der Waals surface area contributed by atoms with Gasteiger partial charge in [0.25, 0.3) is 5.91 Å². The van der Waals surface area contributed by atoms with Crippen LogP contribution in [0.5, 0.6) is 0 Å². The lowest BCUT2D eigenvalue weighted by Gasteiger charge is -2.33. The topological polar surface area (TPSA) is 64.2 Å². The third kappa shape index (κ3) is 2.75. The molecule has 1 fully saturated rings. The maximum atomic E-state index is 12.9. The summed E-state index contributed by atoms with van der Waals surface area (Å²) in [5.41, 5.74) is 0.540.